The molecule has 1 unspecified atom stereocenters. The molecule has 1 atom stereocenters. The molecule has 15 heavy (non-hydrogen) atoms. The van der Waals surface area contributed by atoms with E-state index in [4.69, 9.17) is 5.11 Å². The second-order valence-electron chi connectivity index (χ2n) is 3.48. The summed E-state index contributed by atoms with van der Waals surface area (Å²) < 4.78 is 0. The van der Waals surface area contributed by atoms with E-state index in [0.29, 0.717) is 12.2 Å². The highest BCUT2D eigenvalue weighted by Crippen LogP contribution is 2.17. The average molecular weight is 210 g/mol. The lowest BCUT2D eigenvalue weighted by atomic mass is 10.2. The molecular formula is C10H14N2O3. The number of nitro benzene ring substituents is 1. The first-order valence-electron chi connectivity index (χ1n) is 4.72. The Hall–Kier alpha value is -1.62. The minimum Gasteiger partial charge on any atom is -0.396 e. The minimum absolute atomic E-state index is 0.0663. The van der Waals surface area contributed by atoms with Crippen molar-refractivity contribution in [3.8, 4) is 0 Å². The zero-order chi connectivity index (χ0) is 11.3. The summed E-state index contributed by atoms with van der Waals surface area (Å²) in [5.74, 6) is 0.129. The Labute approximate surface area is 87.9 Å². The van der Waals surface area contributed by atoms with Crippen LogP contribution >= 0.6 is 0 Å². The fraction of sp³-hybridized carbons (Fsp3) is 0.400. The number of anilines is 1. The first kappa shape index (κ1) is 11.5. The second kappa shape index (κ2) is 5.31. The minimum atomic E-state index is -0.430. The van der Waals surface area contributed by atoms with Gasteiger partial charge in [-0.15, -0.1) is 0 Å². The van der Waals surface area contributed by atoms with E-state index >= 15 is 0 Å². The van der Waals surface area contributed by atoms with Crippen molar-refractivity contribution in [1.82, 2.24) is 0 Å². The number of hydrogen-bond donors (Lipinski definition) is 2. The third-order valence-electron chi connectivity index (χ3n) is 2.02. The van der Waals surface area contributed by atoms with Gasteiger partial charge in [0.1, 0.15) is 0 Å². The maximum absolute atomic E-state index is 10.5. The molecule has 1 rings (SSSR count). The van der Waals surface area contributed by atoms with Crippen LogP contribution in [-0.4, -0.2) is 23.2 Å². The zero-order valence-corrected chi connectivity index (χ0v) is 8.51. The van der Waals surface area contributed by atoms with Gasteiger partial charge in [-0.05, 0) is 12.0 Å². The SMILES string of the molecule is CC(CO)CNc1cccc([N+](=O)[O-])c1. The number of hydrogen-bond acceptors (Lipinski definition) is 4. The lowest BCUT2D eigenvalue weighted by molar-refractivity contribution is -0.384. The molecule has 82 valence electrons. The maximum atomic E-state index is 10.5. The summed E-state index contributed by atoms with van der Waals surface area (Å²) in [7, 11) is 0. The summed E-state index contributed by atoms with van der Waals surface area (Å²) in [6, 6.07) is 6.31. The molecule has 2 N–H and O–H groups in total. The van der Waals surface area contributed by atoms with Crippen molar-refractivity contribution in [1.29, 1.82) is 0 Å². The van der Waals surface area contributed by atoms with Crippen LogP contribution in [0.2, 0.25) is 0 Å². The van der Waals surface area contributed by atoms with Gasteiger partial charge in [0.2, 0.25) is 0 Å². The smallest absolute Gasteiger partial charge is 0.271 e. The Morgan fingerprint density at radius 2 is 2.33 bits per heavy atom. The lowest BCUT2D eigenvalue weighted by Crippen LogP contribution is -2.14. The van der Waals surface area contributed by atoms with Gasteiger partial charge in [-0.3, -0.25) is 10.1 Å². The number of nitrogens with one attached hydrogen (secondary N) is 1. The van der Waals surface area contributed by atoms with Crippen LogP contribution in [0.3, 0.4) is 0 Å². The molecule has 0 bridgehead atoms. The number of nitrogens with zero attached hydrogens (tertiary/aromatic N) is 1. The topological polar surface area (TPSA) is 75.4 Å². The number of nitro groups is 1. The quantitative estimate of drug-likeness (QED) is 0.572. The average Bonchev–Trinajstić information content (AvgIpc) is 2.26. The first-order chi connectivity index (χ1) is 7.13. The van der Waals surface area contributed by atoms with E-state index < -0.39 is 4.92 Å². The monoisotopic (exact) mass is 210 g/mol. The lowest BCUT2D eigenvalue weighted by Gasteiger charge is -2.10. The number of non-ortho nitro benzene ring substituents is 1. The summed E-state index contributed by atoms with van der Waals surface area (Å²) in [6.45, 7) is 2.59. The fourth-order valence-corrected chi connectivity index (χ4v) is 1.09. The van der Waals surface area contributed by atoms with E-state index in [1.807, 2.05) is 6.92 Å². The van der Waals surface area contributed by atoms with Crippen LogP contribution in [0.4, 0.5) is 11.4 Å². The molecule has 1 aromatic rings. The fourth-order valence-electron chi connectivity index (χ4n) is 1.09. The maximum Gasteiger partial charge on any atom is 0.271 e. The van der Waals surface area contributed by atoms with E-state index in [-0.39, 0.29) is 18.2 Å². The Bertz CT molecular complexity index is 341. The van der Waals surface area contributed by atoms with Crippen molar-refractivity contribution < 1.29 is 10.0 Å². The first-order valence-corrected chi connectivity index (χ1v) is 4.72. The highest BCUT2D eigenvalue weighted by Gasteiger charge is 2.06. The molecule has 0 saturated carbocycles. The molecule has 0 heterocycles. The van der Waals surface area contributed by atoms with Crippen molar-refractivity contribution >= 4 is 11.4 Å². The van der Waals surface area contributed by atoms with Crippen LogP contribution in [0.15, 0.2) is 24.3 Å². The van der Waals surface area contributed by atoms with Crippen molar-refractivity contribution in [2.24, 2.45) is 5.92 Å². The van der Waals surface area contributed by atoms with E-state index in [0.717, 1.165) is 0 Å². The molecule has 1 aromatic carbocycles. The van der Waals surface area contributed by atoms with Crippen LogP contribution in [0.5, 0.6) is 0 Å². The largest absolute Gasteiger partial charge is 0.396 e. The van der Waals surface area contributed by atoms with Gasteiger partial charge in [0.25, 0.3) is 5.69 Å². The Kier molecular flexibility index (Phi) is 4.05. The highest BCUT2D eigenvalue weighted by atomic mass is 16.6. The van der Waals surface area contributed by atoms with E-state index in [1.165, 1.54) is 12.1 Å². The predicted octanol–water partition coefficient (Wildman–Crippen LogP) is 1.64. The Balaban J connectivity index is 2.62. The molecule has 0 aromatic heterocycles. The Morgan fingerprint density at radius 3 is 2.93 bits per heavy atom. The standard InChI is InChI=1S/C10H14N2O3/c1-8(7-13)6-11-9-3-2-4-10(5-9)12(14)15/h2-5,8,11,13H,6-7H2,1H3. The summed E-state index contributed by atoms with van der Waals surface area (Å²) in [5.41, 5.74) is 0.765. The van der Waals surface area contributed by atoms with Gasteiger partial charge < -0.3 is 10.4 Å². The van der Waals surface area contributed by atoms with Gasteiger partial charge in [-0.25, -0.2) is 0 Å². The summed E-state index contributed by atoms with van der Waals surface area (Å²) in [4.78, 5) is 10.1. The molecule has 0 aliphatic heterocycles. The van der Waals surface area contributed by atoms with Crippen molar-refractivity contribution in [3.63, 3.8) is 0 Å². The number of rotatable bonds is 5. The molecule has 0 fully saturated rings. The summed E-state index contributed by atoms with van der Waals surface area (Å²) in [5, 5.41) is 22.3. The molecule has 0 radical (unpaired) electrons. The number of benzene rings is 1. The number of aliphatic hydroxyl groups is 1. The molecule has 5 nitrogen and oxygen atoms in total. The van der Waals surface area contributed by atoms with Crippen LogP contribution < -0.4 is 5.32 Å². The van der Waals surface area contributed by atoms with Gasteiger partial charge in [0.05, 0.1) is 4.92 Å². The van der Waals surface area contributed by atoms with Gasteiger partial charge in [-0.1, -0.05) is 13.0 Å². The molecular weight excluding hydrogens is 196 g/mol. The molecule has 0 saturated heterocycles. The predicted molar refractivity (Wildman–Crippen MR) is 57.8 cm³/mol. The molecule has 0 aliphatic carbocycles. The van der Waals surface area contributed by atoms with E-state index in [1.54, 1.807) is 12.1 Å². The van der Waals surface area contributed by atoms with Gasteiger partial charge in [0.15, 0.2) is 0 Å². The highest BCUT2D eigenvalue weighted by molar-refractivity contribution is 5.50. The third kappa shape index (κ3) is 3.55. The normalized spacial score (nSPS) is 12.1. The molecule has 5 heteroatoms. The van der Waals surface area contributed by atoms with E-state index in [2.05, 4.69) is 5.32 Å². The van der Waals surface area contributed by atoms with E-state index in [9.17, 15) is 10.1 Å². The third-order valence-corrected chi connectivity index (χ3v) is 2.02. The van der Waals surface area contributed by atoms with Crippen molar-refractivity contribution in [2.75, 3.05) is 18.5 Å². The number of aliphatic hydroxyl groups excluding tert-OH is 1. The summed E-state index contributed by atoms with van der Waals surface area (Å²) in [6.07, 6.45) is 0. The molecule has 0 amide bonds. The molecule has 0 spiro atoms. The van der Waals surface area contributed by atoms with Gasteiger partial charge in [-0.2, -0.15) is 0 Å². The van der Waals surface area contributed by atoms with Crippen molar-refractivity contribution in [2.45, 2.75) is 6.92 Å². The summed E-state index contributed by atoms with van der Waals surface area (Å²) >= 11 is 0. The van der Waals surface area contributed by atoms with Crippen molar-refractivity contribution in [3.05, 3.63) is 34.4 Å². The zero-order valence-electron chi connectivity index (χ0n) is 8.51. The van der Waals surface area contributed by atoms with Crippen LogP contribution in [0.25, 0.3) is 0 Å². The Morgan fingerprint density at radius 1 is 1.60 bits per heavy atom. The van der Waals surface area contributed by atoms with Gasteiger partial charge in [0, 0.05) is 31.0 Å². The molecule has 0 aliphatic rings. The van der Waals surface area contributed by atoms with Crippen LogP contribution in [0, 0.1) is 16.0 Å². The van der Waals surface area contributed by atoms with Crippen LogP contribution in [0.1, 0.15) is 6.92 Å². The van der Waals surface area contributed by atoms with Crippen LogP contribution in [-0.2, 0) is 0 Å². The second-order valence-corrected chi connectivity index (χ2v) is 3.48. The van der Waals surface area contributed by atoms with Gasteiger partial charge >= 0.3 is 0 Å².